The molecule has 0 saturated carbocycles. The summed E-state index contributed by atoms with van der Waals surface area (Å²) in [5.41, 5.74) is 2.04. The van der Waals surface area contributed by atoms with E-state index in [4.69, 9.17) is 4.74 Å². The van der Waals surface area contributed by atoms with Crippen molar-refractivity contribution >= 4 is 11.7 Å². The average Bonchev–Trinajstić information content (AvgIpc) is 2.92. The molecule has 0 bridgehead atoms. The Bertz CT molecular complexity index is 655. The first-order valence-electron chi connectivity index (χ1n) is 7.03. The molecule has 1 aromatic carbocycles. The molecule has 0 spiro atoms. The van der Waals surface area contributed by atoms with E-state index in [1.165, 1.54) is 0 Å². The number of hydrogen-bond acceptors (Lipinski definition) is 4. The second-order valence-corrected chi connectivity index (χ2v) is 5.46. The Morgan fingerprint density at radius 1 is 1.19 bits per heavy atom. The standard InChI is InChI=1S/C17H18N2O2/c1-19(2)14-9-11-18-15(12-14)17(10-8-16(20)21-17)13-6-4-3-5-7-13/h3-7,9,11-12H,8,10H2,1-2H3. The summed E-state index contributed by atoms with van der Waals surface area (Å²) in [6, 6.07) is 13.8. The van der Waals surface area contributed by atoms with Gasteiger partial charge >= 0.3 is 5.97 Å². The highest BCUT2D eigenvalue weighted by molar-refractivity contribution is 5.73. The molecule has 1 unspecified atom stereocenters. The summed E-state index contributed by atoms with van der Waals surface area (Å²) in [4.78, 5) is 18.3. The number of ether oxygens (including phenoxy) is 1. The van der Waals surface area contributed by atoms with E-state index in [9.17, 15) is 4.79 Å². The number of benzene rings is 1. The van der Waals surface area contributed by atoms with Gasteiger partial charge in [0.05, 0.1) is 12.1 Å². The van der Waals surface area contributed by atoms with Crippen LogP contribution in [0.15, 0.2) is 48.7 Å². The van der Waals surface area contributed by atoms with Crippen LogP contribution in [-0.4, -0.2) is 25.0 Å². The Labute approximate surface area is 124 Å². The van der Waals surface area contributed by atoms with Gasteiger partial charge in [-0.3, -0.25) is 9.78 Å². The molecule has 4 heteroatoms. The fourth-order valence-electron chi connectivity index (χ4n) is 2.73. The molecule has 21 heavy (non-hydrogen) atoms. The van der Waals surface area contributed by atoms with Crippen LogP contribution in [0.3, 0.4) is 0 Å². The van der Waals surface area contributed by atoms with E-state index >= 15 is 0 Å². The summed E-state index contributed by atoms with van der Waals surface area (Å²) in [7, 11) is 3.96. The lowest BCUT2D eigenvalue weighted by molar-refractivity contribution is -0.146. The highest BCUT2D eigenvalue weighted by Gasteiger charge is 2.45. The maximum Gasteiger partial charge on any atom is 0.307 e. The van der Waals surface area contributed by atoms with Crippen molar-refractivity contribution in [1.82, 2.24) is 4.98 Å². The second-order valence-electron chi connectivity index (χ2n) is 5.46. The van der Waals surface area contributed by atoms with Crippen molar-refractivity contribution in [2.24, 2.45) is 0 Å². The van der Waals surface area contributed by atoms with E-state index in [1.54, 1.807) is 6.20 Å². The van der Waals surface area contributed by atoms with Crippen molar-refractivity contribution in [3.05, 3.63) is 59.9 Å². The topological polar surface area (TPSA) is 42.4 Å². The molecule has 4 nitrogen and oxygen atoms in total. The molecule has 108 valence electrons. The van der Waals surface area contributed by atoms with Crippen molar-refractivity contribution in [2.45, 2.75) is 18.4 Å². The minimum atomic E-state index is -0.760. The third kappa shape index (κ3) is 2.37. The van der Waals surface area contributed by atoms with E-state index in [-0.39, 0.29) is 5.97 Å². The number of aromatic nitrogens is 1. The van der Waals surface area contributed by atoms with Crippen LogP contribution in [-0.2, 0) is 15.1 Å². The van der Waals surface area contributed by atoms with Gasteiger partial charge in [-0.05, 0) is 12.1 Å². The molecule has 1 saturated heterocycles. The molecular weight excluding hydrogens is 264 g/mol. The van der Waals surface area contributed by atoms with E-state index < -0.39 is 5.60 Å². The fourth-order valence-corrected chi connectivity index (χ4v) is 2.73. The van der Waals surface area contributed by atoms with Crippen LogP contribution < -0.4 is 4.90 Å². The van der Waals surface area contributed by atoms with E-state index in [2.05, 4.69) is 4.98 Å². The molecule has 1 fully saturated rings. The number of pyridine rings is 1. The molecule has 1 aromatic heterocycles. The smallest absolute Gasteiger partial charge is 0.307 e. The first-order chi connectivity index (χ1) is 10.1. The van der Waals surface area contributed by atoms with Gasteiger partial charge in [0, 0.05) is 38.0 Å². The van der Waals surface area contributed by atoms with Crippen molar-refractivity contribution in [3.63, 3.8) is 0 Å². The molecule has 0 N–H and O–H groups in total. The van der Waals surface area contributed by atoms with Crippen molar-refractivity contribution in [2.75, 3.05) is 19.0 Å². The van der Waals surface area contributed by atoms with Gasteiger partial charge in [0.15, 0.2) is 5.60 Å². The zero-order chi connectivity index (χ0) is 14.9. The third-order valence-corrected chi connectivity index (χ3v) is 3.88. The normalized spacial score (nSPS) is 21.1. The number of rotatable bonds is 3. The Balaban J connectivity index is 2.13. The molecule has 0 amide bonds. The predicted octanol–water partition coefficient (Wildman–Crippen LogP) is 2.73. The lowest BCUT2D eigenvalue weighted by atomic mass is 9.87. The molecule has 0 aliphatic carbocycles. The molecule has 1 aliphatic rings. The minimum absolute atomic E-state index is 0.170. The Morgan fingerprint density at radius 3 is 2.57 bits per heavy atom. The van der Waals surface area contributed by atoms with E-state index in [1.807, 2.05) is 61.5 Å². The Morgan fingerprint density at radius 2 is 1.95 bits per heavy atom. The van der Waals surface area contributed by atoms with Crippen LogP contribution in [0.5, 0.6) is 0 Å². The second kappa shape index (κ2) is 5.20. The molecular formula is C17H18N2O2. The molecule has 2 heterocycles. The number of anilines is 1. The van der Waals surface area contributed by atoms with Crippen LogP contribution in [0, 0.1) is 0 Å². The van der Waals surface area contributed by atoms with Crippen molar-refractivity contribution in [3.8, 4) is 0 Å². The Kier molecular flexibility index (Phi) is 3.37. The summed E-state index contributed by atoms with van der Waals surface area (Å²) in [6.45, 7) is 0. The summed E-state index contributed by atoms with van der Waals surface area (Å²) < 4.78 is 5.74. The number of carbonyl (C=O) groups excluding carboxylic acids is 1. The monoisotopic (exact) mass is 282 g/mol. The Hall–Kier alpha value is -2.36. The number of nitrogens with zero attached hydrogens (tertiary/aromatic N) is 2. The summed E-state index contributed by atoms with van der Waals surface area (Å²) >= 11 is 0. The zero-order valence-corrected chi connectivity index (χ0v) is 12.2. The summed E-state index contributed by atoms with van der Waals surface area (Å²) in [5.74, 6) is -0.170. The minimum Gasteiger partial charge on any atom is -0.448 e. The largest absolute Gasteiger partial charge is 0.448 e. The predicted molar refractivity (Wildman–Crippen MR) is 81.1 cm³/mol. The SMILES string of the molecule is CN(C)c1ccnc(C2(c3ccccc3)CCC(=O)O2)c1. The van der Waals surface area contributed by atoms with Gasteiger partial charge < -0.3 is 9.64 Å². The first-order valence-corrected chi connectivity index (χ1v) is 7.03. The van der Waals surface area contributed by atoms with Crippen LogP contribution in [0.2, 0.25) is 0 Å². The van der Waals surface area contributed by atoms with Crippen molar-refractivity contribution in [1.29, 1.82) is 0 Å². The van der Waals surface area contributed by atoms with Gasteiger partial charge in [-0.2, -0.15) is 0 Å². The van der Waals surface area contributed by atoms with Gasteiger partial charge in [0.25, 0.3) is 0 Å². The average molecular weight is 282 g/mol. The van der Waals surface area contributed by atoms with E-state index in [0.29, 0.717) is 12.8 Å². The van der Waals surface area contributed by atoms with Crippen molar-refractivity contribution < 1.29 is 9.53 Å². The van der Waals surface area contributed by atoms with E-state index in [0.717, 1.165) is 16.9 Å². The molecule has 1 aliphatic heterocycles. The summed E-state index contributed by atoms with van der Waals surface area (Å²) in [5, 5.41) is 0. The number of carbonyl (C=O) groups is 1. The maximum atomic E-state index is 11.8. The fraction of sp³-hybridized carbons (Fsp3) is 0.294. The third-order valence-electron chi connectivity index (χ3n) is 3.88. The van der Waals surface area contributed by atoms with Gasteiger partial charge in [-0.15, -0.1) is 0 Å². The lowest BCUT2D eigenvalue weighted by Gasteiger charge is -2.28. The quantitative estimate of drug-likeness (QED) is 0.812. The highest BCUT2D eigenvalue weighted by Crippen LogP contribution is 2.42. The van der Waals surface area contributed by atoms with Gasteiger partial charge in [0.1, 0.15) is 0 Å². The highest BCUT2D eigenvalue weighted by atomic mass is 16.6. The van der Waals surface area contributed by atoms with Crippen LogP contribution in [0.1, 0.15) is 24.1 Å². The number of esters is 1. The van der Waals surface area contributed by atoms with Crippen LogP contribution in [0.4, 0.5) is 5.69 Å². The first kappa shape index (κ1) is 13.6. The van der Waals surface area contributed by atoms with Gasteiger partial charge in [-0.25, -0.2) is 0 Å². The lowest BCUT2D eigenvalue weighted by Crippen LogP contribution is -2.28. The van der Waals surface area contributed by atoms with Gasteiger partial charge in [0.2, 0.25) is 0 Å². The molecule has 0 radical (unpaired) electrons. The molecule has 1 atom stereocenters. The molecule has 3 rings (SSSR count). The van der Waals surface area contributed by atoms with Gasteiger partial charge in [-0.1, -0.05) is 30.3 Å². The molecule has 2 aromatic rings. The number of cyclic esters (lactones) is 1. The van der Waals surface area contributed by atoms with Crippen LogP contribution >= 0.6 is 0 Å². The van der Waals surface area contributed by atoms with Crippen LogP contribution in [0.25, 0.3) is 0 Å². The number of hydrogen-bond donors (Lipinski definition) is 0. The summed E-state index contributed by atoms with van der Waals surface area (Å²) in [6.07, 6.45) is 2.81. The maximum absolute atomic E-state index is 11.8. The zero-order valence-electron chi connectivity index (χ0n) is 12.2.